The molecule has 1 aromatic heterocycles. The summed E-state index contributed by atoms with van der Waals surface area (Å²) in [6.07, 6.45) is 9.08. The summed E-state index contributed by atoms with van der Waals surface area (Å²) in [5, 5.41) is 8.39. The van der Waals surface area contributed by atoms with Crippen LogP contribution < -0.4 is 0 Å². The molecule has 3 aliphatic rings. The molecule has 0 aromatic carbocycles. The summed E-state index contributed by atoms with van der Waals surface area (Å²) in [7, 11) is 3.50. The summed E-state index contributed by atoms with van der Waals surface area (Å²) >= 11 is 0. The topological polar surface area (TPSA) is 63.5 Å². The van der Waals surface area contributed by atoms with Gasteiger partial charge < -0.3 is 14.5 Å². The van der Waals surface area contributed by atoms with Crippen LogP contribution in [0, 0.1) is 5.41 Å². The van der Waals surface area contributed by atoms with Crippen LogP contribution in [0.5, 0.6) is 0 Å². The van der Waals surface area contributed by atoms with E-state index in [0.29, 0.717) is 23.2 Å². The largest absolute Gasteiger partial charge is 0.381 e. The highest BCUT2D eigenvalue weighted by atomic mass is 16.5. The summed E-state index contributed by atoms with van der Waals surface area (Å²) in [6.45, 7) is 4.19. The first kappa shape index (κ1) is 17.0. The fourth-order valence-electron chi connectivity index (χ4n) is 4.82. The fourth-order valence-corrected chi connectivity index (χ4v) is 4.82. The summed E-state index contributed by atoms with van der Waals surface area (Å²) < 4.78 is 7.46. The molecule has 7 nitrogen and oxygen atoms in total. The predicted octanol–water partition coefficient (Wildman–Crippen LogP) is 1.58. The van der Waals surface area contributed by atoms with Crippen LogP contribution in [0.2, 0.25) is 0 Å². The van der Waals surface area contributed by atoms with E-state index in [-0.39, 0.29) is 5.91 Å². The minimum atomic E-state index is -0.0750. The molecule has 3 heterocycles. The second kappa shape index (κ2) is 6.68. The van der Waals surface area contributed by atoms with Crippen molar-refractivity contribution < 1.29 is 9.53 Å². The lowest BCUT2D eigenvalue weighted by atomic mass is 9.59. The monoisotopic (exact) mass is 347 g/mol. The molecule has 1 aliphatic carbocycles. The van der Waals surface area contributed by atoms with Crippen molar-refractivity contribution in [1.82, 2.24) is 24.8 Å². The lowest BCUT2D eigenvalue weighted by Gasteiger charge is -2.54. The zero-order valence-corrected chi connectivity index (χ0v) is 15.4. The highest BCUT2D eigenvalue weighted by Gasteiger charge is 2.50. The van der Waals surface area contributed by atoms with E-state index in [9.17, 15) is 4.79 Å². The van der Waals surface area contributed by atoms with Crippen molar-refractivity contribution in [2.45, 2.75) is 50.6 Å². The minimum absolute atomic E-state index is 0.0750. The zero-order valence-electron chi connectivity index (χ0n) is 15.4. The Morgan fingerprint density at radius 2 is 1.92 bits per heavy atom. The standard InChI is InChI=1S/C18H29N5O2/c1-21(2)17(24)15-13-23(20-19-15)16-3-6-18(16)7-9-22(10-8-18)14-4-11-25-12-5-14/h13-14,16H,3-12H2,1-2H3. The summed E-state index contributed by atoms with van der Waals surface area (Å²) in [5.74, 6) is -0.0750. The van der Waals surface area contributed by atoms with Crippen LogP contribution in [0.4, 0.5) is 0 Å². The Morgan fingerprint density at radius 1 is 1.20 bits per heavy atom. The SMILES string of the molecule is CN(C)C(=O)c1cn(C2CCC23CCN(C2CCOCC2)CC3)nn1. The van der Waals surface area contributed by atoms with Crippen LogP contribution in [-0.2, 0) is 4.74 Å². The van der Waals surface area contributed by atoms with Crippen LogP contribution >= 0.6 is 0 Å². The molecule has 1 atom stereocenters. The Morgan fingerprint density at radius 3 is 2.52 bits per heavy atom. The maximum atomic E-state index is 12.1. The number of likely N-dealkylation sites (tertiary alicyclic amines) is 1. The molecule has 1 unspecified atom stereocenters. The van der Waals surface area contributed by atoms with E-state index < -0.39 is 0 Å². The molecular formula is C18H29N5O2. The van der Waals surface area contributed by atoms with Gasteiger partial charge in [-0.05, 0) is 57.0 Å². The van der Waals surface area contributed by atoms with Gasteiger partial charge in [0.25, 0.3) is 5.91 Å². The third kappa shape index (κ3) is 3.08. The Labute approximate surface area is 149 Å². The number of aromatic nitrogens is 3. The van der Waals surface area contributed by atoms with Crippen molar-refractivity contribution in [3.05, 3.63) is 11.9 Å². The molecule has 2 aliphatic heterocycles. The summed E-state index contributed by atoms with van der Waals surface area (Å²) in [4.78, 5) is 16.3. The summed E-state index contributed by atoms with van der Waals surface area (Å²) in [5.41, 5.74) is 0.806. The third-order valence-electron chi connectivity index (χ3n) is 6.58. The van der Waals surface area contributed by atoms with E-state index in [4.69, 9.17) is 4.74 Å². The number of rotatable bonds is 3. The fraction of sp³-hybridized carbons (Fsp3) is 0.833. The highest BCUT2D eigenvalue weighted by molar-refractivity contribution is 5.91. The van der Waals surface area contributed by atoms with Crippen molar-refractivity contribution in [3.63, 3.8) is 0 Å². The van der Waals surface area contributed by atoms with Crippen LogP contribution in [0.25, 0.3) is 0 Å². The van der Waals surface area contributed by atoms with Crippen molar-refractivity contribution in [3.8, 4) is 0 Å². The number of nitrogens with zero attached hydrogens (tertiary/aromatic N) is 5. The molecule has 0 radical (unpaired) electrons. The first-order valence-corrected chi connectivity index (χ1v) is 9.54. The quantitative estimate of drug-likeness (QED) is 0.831. The van der Waals surface area contributed by atoms with Gasteiger partial charge in [-0.15, -0.1) is 5.10 Å². The maximum Gasteiger partial charge on any atom is 0.275 e. The van der Waals surface area contributed by atoms with Gasteiger partial charge in [-0.2, -0.15) is 0 Å². The smallest absolute Gasteiger partial charge is 0.275 e. The van der Waals surface area contributed by atoms with Gasteiger partial charge in [0, 0.05) is 33.4 Å². The molecule has 1 spiro atoms. The first-order chi connectivity index (χ1) is 12.1. The van der Waals surface area contributed by atoms with Crippen LogP contribution in [-0.4, -0.2) is 77.1 Å². The van der Waals surface area contributed by atoms with Crippen LogP contribution in [0.3, 0.4) is 0 Å². The average molecular weight is 347 g/mol. The molecule has 25 heavy (non-hydrogen) atoms. The second-order valence-electron chi connectivity index (χ2n) is 8.08. The van der Waals surface area contributed by atoms with E-state index in [1.807, 2.05) is 10.9 Å². The third-order valence-corrected chi connectivity index (χ3v) is 6.58. The van der Waals surface area contributed by atoms with Crippen molar-refractivity contribution in [1.29, 1.82) is 0 Å². The lowest BCUT2D eigenvalue weighted by molar-refractivity contribution is -0.0547. The molecular weight excluding hydrogens is 318 g/mol. The molecule has 1 amide bonds. The lowest BCUT2D eigenvalue weighted by Crippen LogP contribution is -2.53. The number of hydrogen-bond acceptors (Lipinski definition) is 5. The van der Waals surface area contributed by atoms with Gasteiger partial charge >= 0.3 is 0 Å². The van der Waals surface area contributed by atoms with Gasteiger partial charge in [-0.3, -0.25) is 4.79 Å². The number of amides is 1. The highest BCUT2D eigenvalue weighted by Crippen LogP contribution is 2.56. The predicted molar refractivity (Wildman–Crippen MR) is 93.4 cm³/mol. The van der Waals surface area contributed by atoms with Gasteiger partial charge in [0.15, 0.2) is 5.69 Å². The van der Waals surface area contributed by atoms with E-state index in [2.05, 4.69) is 15.2 Å². The average Bonchev–Trinajstić information content (AvgIpc) is 3.10. The van der Waals surface area contributed by atoms with E-state index in [1.54, 1.807) is 19.0 Å². The Balaban J connectivity index is 1.40. The first-order valence-electron chi connectivity index (χ1n) is 9.54. The van der Waals surface area contributed by atoms with E-state index in [0.717, 1.165) is 19.6 Å². The van der Waals surface area contributed by atoms with E-state index in [1.165, 1.54) is 45.2 Å². The number of hydrogen-bond donors (Lipinski definition) is 0. The van der Waals surface area contributed by atoms with Gasteiger partial charge in [0.05, 0.1) is 12.2 Å². The minimum Gasteiger partial charge on any atom is -0.381 e. The Kier molecular flexibility index (Phi) is 4.54. The number of piperidine rings is 1. The van der Waals surface area contributed by atoms with Crippen molar-refractivity contribution in [2.24, 2.45) is 5.41 Å². The van der Waals surface area contributed by atoms with Crippen LogP contribution in [0.15, 0.2) is 6.20 Å². The normalized spacial score (nSPS) is 27.2. The molecule has 4 rings (SSSR count). The Bertz CT molecular complexity index is 615. The zero-order chi connectivity index (χ0) is 17.4. The van der Waals surface area contributed by atoms with Crippen molar-refractivity contribution in [2.75, 3.05) is 40.4 Å². The molecule has 0 N–H and O–H groups in total. The molecule has 138 valence electrons. The van der Waals surface area contributed by atoms with Gasteiger partial charge in [0.1, 0.15) is 0 Å². The molecule has 7 heteroatoms. The van der Waals surface area contributed by atoms with Crippen LogP contribution in [0.1, 0.15) is 55.1 Å². The molecule has 2 saturated heterocycles. The number of carbonyl (C=O) groups excluding carboxylic acids is 1. The van der Waals surface area contributed by atoms with Gasteiger partial charge in [0.2, 0.25) is 0 Å². The second-order valence-corrected chi connectivity index (χ2v) is 8.08. The van der Waals surface area contributed by atoms with Gasteiger partial charge in [-0.1, -0.05) is 5.21 Å². The Hall–Kier alpha value is -1.47. The van der Waals surface area contributed by atoms with Gasteiger partial charge in [-0.25, -0.2) is 4.68 Å². The van der Waals surface area contributed by atoms with E-state index >= 15 is 0 Å². The molecule has 1 saturated carbocycles. The number of carbonyl (C=O) groups is 1. The maximum absolute atomic E-state index is 12.1. The molecule has 1 aromatic rings. The molecule has 0 bridgehead atoms. The van der Waals surface area contributed by atoms with Crippen molar-refractivity contribution >= 4 is 5.91 Å². The molecule has 3 fully saturated rings. The number of ether oxygens (including phenoxy) is 1. The summed E-state index contributed by atoms with van der Waals surface area (Å²) in [6, 6.07) is 1.11.